The number of morpholine rings is 1. The molecule has 2 atom stereocenters. The minimum atomic E-state index is -3.48. The average molecular weight is 411 g/mol. The second-order valence-electron chi connectivity index (χ2n) is 8.13. The second-order valence-corrected chi connectivity index (χ2v) is 10.1. The molecule has 0 bridgehead atoms. The predicted molar refractivity (Wildman–Crippen MR) is 107 cm³/mol. The first kappa shape index (κ1) is 21.2. The minimum absolute atomic E-state index is 0.0580. The summed E-state index contributed by atoms with van der Waals surface area (Å²) in [7, 11) is -3.48. The molecule has 8 heteroatoms. The van der Waals surface area contributed by atoms with Crippen LogP contribution in [0.4, 0.5) is 0 Å². The number of nitrogens with zero attached hydrogens (tertiary/aromatic N) is 2. The van der Waals surface area contributed by atoms with E-state index >= 15 is 0 Å². The Morgan fingerprint density at radius 1 is 1.11 bits per heavy atom. The topological polar surface area (TPSA) is 71.4 Å². The fourth-order valence-corrected chi connectivity index (χ4v) is 5.48. The maximum Gasteiger partial charge on any atom is 0.277 e. The van der Waals surface area contributed by atoms with Crippen molar-refractivity contribution in [1.29, 1.82) is 0 Å². The molecule has 1 aromatic rings. The van der Waals surface area contributed by atoms with Crippen molar-refractivity contribution in [3.8, 4) is 0 Å². The van der Waals surface area contributed by atoms with Gasteiger partial charge in [0.2, 0.25) is 10.0 Å². The van der Waals surface area contributed by atoms with Gasteiger partial charge < -0.3 is 14.5 Å². The first-order chi connectivity index (χ1) is 13.2. The van der Waals surface area contributed by atoms with E-state index in [9.17, 15) is 13.2 Å². The Bertz CT molecular complexity index is 809. The highest BCUT2D eigenvalue weighted by molar-refractivity contribution is 7.89. The zero-order chi connectivity index (χ0) is 20.5. The number of aryl methyl sites for hydroxylation is 2. The number of rotatable bonds is 4. The third kappa shape index (κ3) is 4.74. The number of quaternary nitrogens is 1. The lowest BCUT2D eigenvalue weighted by Gasteiger charge is -2.37. The molecule has 28 heavy (non-hydrogen) atoms. The lowest BCUT2D eigenvalue weighted by molar-refractivity contribution is -0.896. The SMILES string of the molecule is Cc1ccc(S(=O)(=O)N2CC[NH+](CC(=O)N3C[C@@H](C)O[C@@H](C)C3)CC2)cc1C. The van der Waals surface area contributed by atoms with Crippen LogP contribution in [-0.4, -0.2) is 81.6 Å². The van der Waals surface area contributed by atoms with Crippen LogP contribution in [0, 0.1) is 13.8 Å². The summed E-state index contributed by atoms with van der Waals surface area (Å²) in [5.41, 5.74) is 2.06. The summed E-state index contributed by atoms with van der Waals surface area (Å²) < 4.78 is 33.1. The molecule has 156 valence electrons. The van der Waals surface area contributed by atoms with Crippen molar-refractivity contribution in [3.63, 3.8) is 0 Å². The standard InChI is InChI=1S/C20H31N3O4S/c1-15-5-6-19(11-16(15)2)28(25,26)23-9-7-21(8-10-23)14-20(24)22-12-17(3)27-18(4)13-22/h5-6,11,17-18H,7-10,12-14H2,1-4H3/p+1/t17-,18+. The Kier molecular flexibility index (Phi) is 6.44. The van der Waals surface area contributed by atoms with Crippen LogP contribution in [0.2, 0.25) is 0 Å². The van der Waals surface area contributed by atoms with E-state index in [1.165, 1.54) is 0 Å². The molecule has 2 saturated heterocycles. The number of hydrogen-bond donors (Lipinski definition) is 1. The summed E-state index contributed by atoms with van der Waals surface area (Å²) in [4.78, 5) is 16.0. The van der Waals surface area contributed by atoms with E-state index in [2.05, 4.69) is 0 Å². The molecule has 1 N–H and O–H groups in total. The zero-order valence-corrected chi connectivity index (χ0v) is 18.1. The van der Waals surface area contributed by atoms with E-state index in [0.29, 0.717) is 50.7 Å². The van der Waals surface area contributed by atoms with Gasteiger partial charge in [0.1, 0.15) is 0 Å². The van der Waals surface area contributed by atoms with Crippen LogP contribution in [0.25, 0.3) is 0 Å². The van der Waals surface area contributed by atoms with E-state index < -0.39 is 10.0 Å². The summed E-state index contributed by atoms with van der Waals surface area (Å²) in [5.74, 6) is 0.127. The predicted octanol–water partition coefficient (Wildman–Crippen LogP) is -0.172. The highest BCUT2D eigenvalue weighted by Gasteiger charge is 2.33. The van der Waals surface area contributed by atoms with Crippen LogP contribution in [-0.2, 0) is 19.6 Å². The highest BCUT2D eigenvalue weighted by atomic mass is 32.2. The maximum absolute atomic E-state index is 12.9. The fraction of sp³-hybridized carbons (Fsp3) is 0.650. The third-order valence-electron chi connectivity index (χ3n) is 5.72. The van der Waals surface area contributed by atoms with Crippen molar-refractivity contribution in [2.24, 2.45) is 0 Å². The van der Waals surface area contributed by atoms with Gasteiger partial charge in [-0.05, 0) is 51.0 Å². The Morgan fingerprint density at radius 3 is 2.29 bits per heavy atom. The summed E-state index contributed by atoms with van der Waals surface area (Å²) in [6, 6.07) is 5.28. The van der Waals surface area contributed by atoms with Gasteiger partial charge in [-0.15, -0.1) is 0 Å². The fourth-order valence-electron chi connectivity index (χ4n) is 3.95. The lowest BCUT2D eigenvalue weighted by Crippen LogP contribution is -3.15. The molecule has 0 radical (unpaired) electrons. The Labute approximate surface area is 168 Å². The molecule has 1 aromatic carbocycles. The van der Waals surface area contributed by atoms with Crippen LogP contribution in [0.1, 0.15) is 25.0 Å². The quantitative estimate of drug-likeness (QED) is 0.748. The van der Waals surface area contributed by atoms with Gasteiger partial charge in [0.25, 0.3) is 5.91 Å². The van der Waals surface area contributed by atoms with Crippen molar-refractivity contribution >= 4 is 15.9 Å². The number of benzene rings is 1. The van der Waals surface area contributed by atoms with Crippen molar-refractivity contribution in [1.82, 2.24) is 9.21 Å². The molecule has 7 nitrogen and oxygen atoms in total. The summed E-state index contributed by atoms with van der Waals surface area (Å²) in [6.45, 7) is 11.7. The molecule has 2 fully saturated rings. The highest BCUT2D eigenvalue weighted by Crippen LogP contribution is 2.19. The second kappa shape index (κ2) is 8.49. The smallest absolute Gasteiger partial charge is 0.277 e. The zero-order valence-electron chi connectivity index (χ0n) is 17.3. The first-order valence-electron chi connectivity index (χ1n) is 10.0. The van der Waals surface area contributed by atoms with Gasteiger partial charge >= 0.3 is 0 Å². The molecular formula is C20H32N3O4S+. The van der Waals surface area contributed by atoms with Crippen LogP contribution < -0.4 is 4.90 Å². The van der Waals surface area contributed by atoms with E-state index in [-0.39, 0.29) is 18.1 Å². The normalized spacial score (nSPS) is 25.1. The molecule has 0 aliphatic carbocycles. The Morgan fingerprint density at radius 2 is 1.71 bits per heavy atom. The minimum Gasteiger partial charge on any atom is -0.372 e. The van der Waals surface area contributed by atoms with Gasteiger partial charge in [-0.2, -0.15) is 4.31 Å². The van der Waals surface area contributed by atoms with Gasteiger partial charge in [0.05, 0.1) is 43.3 Å². The van der Waals surface area contributed by atoms with Gasteiger partial charge in [0.15, 0.2) is 6.54 Å². The number of carbonyl (C=O) groups is 1. The van der Waals surface area contributed by atoms with E-state index in [0.717, 1.165) is 16.0 Å². The molecule has 0 aromatic heterocycles. The summed E-state index contributed by atoms with van der Waals surface area (Å²) >= 11 is 0. The number of piperazine rings is 1. The molecule has 0 saturated carbocycles. The number of ether oxygens (including phenoxy) is 1. The van der Waals surface area contributed by atoms with Gasteiger partial charge in [-0.25, -0.2) is 8.42 Å². The molecule has 2 heterocycles. The van der Waals surface area contributed by atoms with E-state index in [1.807, 2.05) is 38.7 Å². The van der Waals surface area contributed by atoms with Gasteiger partial charge in [-0.3, -0.25) is 4.79 Å². The summed E-state index contributed by atoms with van der Waals surface area (Å²) in [5, 5.41) is 0. The van der Waals surface area contributed by atoms with Crippen LogP contribution in [0.15, 0.2) is 23.1 Å². The van der Waals surface area contributed by atoms with Gasteiger partial charge in [0, 0.05) is 13.1 Å². The molecule has 0 unspecified atom stereocenters. The number of sulfonamides is 1. The largest absolute Gasteiger partial charge is 0.372 e. The Balaban J connectivity index is 1.56. The van der Waals surface area contributed by atoms with E-state index in [1.54, 1.807) is 16.4 Å². The Hall–Kier alpha value is -1.48. The monoisotopic (exact) mass is 410 g/mol. The van der Waals surface area contributed by atoms with Crippen LogP contribution in [0.5, 0.6) is 0 Å². The average Bonchev–Trinajstić information content (AvgIpc) is 2.63. The van der Waals surface area contributed by atoms with Gasteiger partial charge in [-0.1, -0.05) is 6.07 Å². The molecule has 0 spiro atoms. The maximum atomic E-state index is 12.9. The lowest BCUT2D eigenvalue weighted by atomic mass is 10.1. The number of carbonyl (C=O) groups excluding carboxylic acids is 1. The van der Waals surface area contributed by atoms with Crippen molar-refractivity contribution in [3.05, 3.63) is 29.3 Å². The van der Waals surface area contributed by atoms with Crippen molar-refractivity contribution < 1.29 is 22.8 Å². The molecular weight excluding hydrogens is 378 g/mol. The molecule has 1 amide bonds. The molecule has 3 rings (SSSR count). The van der Waals surface area contributed by atoms with Crippen molar-refractivity contribution in [2.45, 2.75) is 44.8 Å². The molecule has 2 aliphatic heterocycles. The van der Waals surface area contributed by atoms with Crippen molar-refractivity contribution in [2.75, 3.05) is 45.8 Å². The van der Waals surface area contributed by atoms with Crippen LogP contribution >= 0.6 is 0 Å². The number of nitrogens with one attached hydrogen (secondary N) is 1. The third-order valence-corrected chi connectivity index (χ3v) is 7.61. The van der Waals surface area contributed by atoms with Crippen LogP contribution in [0.3, 0.4) is 0 Å². The van der Waals surface area contributed by atoms with E-state index in [4.69, 9.17) is 4.74 Å². The first-order valence-corrected chi connectivity index (χ1v) is 11.4. The number of hydrogen-bond acceptors (Lipinski definition) is 4. The molecule has 2 aliphatic rings. The summed E-state index contributed by atoms with van der Waals surface area (Å²) in [6.07, 6.45) is 0.116. The number of amides is 1.